The zero-order valence-electron chi connectivity index (χ0n) is 14.0. The molecule has 1 amide bonds. The van der Waals surface area contributed by atoms with Crippen LogP contribution in [0.2, 0.25) is 5.15 Å². The number of nitrogens with zero attached hydrogens (tertiary/aromatic N) is 2. The molecule has 0 radical (unpaired) electrons. The Labute approximate surface area is 155 Å². The van der Waals surface area contributed by atoms with Crippen LogP contribution in [0.3, 0.4) is 0 Å². The van der Waals surface area contributed by atoms with Crippen molar-refractivity contribution in [3.63, 3.8) is 0 Å². The van der Waals surface area contributed by atoms with Gasteiger partial charge < -0.3 is 10.2 Å². The highest BCUT2D eigenvalue weighted by molar-refractivity contribution is 6.34. The van der Waals surface area contributed by atoms with Gasteiger partial charge in [-0.1, -0.05) is 41.9 Å². The van der Waals surface area contributed by atoms with E-state index in [0.717, 1.165) is 36.7 Å². The summed E-state index contributed by atoms with van der Waals surface area (Å²) in [5.41, 5.74) is 1.04. The first-order valence-corrected chi connectivity index (χ1v) is 8.91. The van der Waals surface area contributed by atoms with Gasteiger partial charge >= 0.3 is 0 Å². The summed E-state index contributed by atoms with van der Waals surface area (Å²) in [6.45, 7) is 1.71. The molecule has 0 aliphatic carbocycles. The van der Waals surface area contributed by atoms with E-state index in [1.54, 1.807) is 12.1 Å². The first kappa shape index (κ1) is 16.8. The smallest absolute Gasteiger partial charge is 0.274 e. The van der Waals surface area contributed by atoms with Crippen LogP contribution in [0.4, 0.5) is 15.8 Å². The molecule has 0 saturated carbocycles. The van der Waals surface area contributed by atoms with Gasteiger partial charge in [-0.25, -0.2) is 9.37 Å². The van der Waals surface area contributed by atoms with Crippen molar-refractivity contribution in [2.24, 2.45) is 0 Å². The number of rotatable bonds is 3. The Morgan fingerprint density at radius 1 is 1.12 bits per heavy atom. The third-order valence-corrected chi connectivity index (χ3v) is 4.89. The highest BCUT2D eigenvalue weighted by Crippen LogP contribution is 2.32. The fraction of sp³-hybridized carbons (Fsp3) is 0.200. The van der Waals surface area contributed by atoms with Crippen LogP contribution < -0.4 is 10.2 Å². The maximum atomic E-state index is 14.4. The Bertz CT molecular complexity index is 986. The average Bonchev–Trinajstić information content (AvgIpc) is 3.18. The molecule has 1 aliphatic heterocycles. The van der Waals surface area contributed by atoms with Crippen molar-refractivity contribution in [3.8, 4) is 0 Å². The quantitative estimate of drug-likeness (QED) is 0.669. The third-order valence-electron chi connectivity index (χ3n) is 4.60. The molecule has 1 aromatic heterocycles. The number of aromatic nitrogens is 1. The molecule has 1 fully saturated rings. The maximum absolute atomic E-state index is 14.4. The molecule has 0 unspecified atom stereocenters. The first-order chi connectivity index (χ1) is 12.6. The number of pyridine rings is 1. The summed E-state index contributed by atoms with van der Waals surface area (Å²) in [5.74, 6) is -0.946. The van der Waals surface area contributed by atoms with Crippen LogP contribution in [-0.2, 0) is 0 Å². The van der Waals surface area contributed by atoms with Crippen molar-refractivity contribution in [3.05, 3.63) is 65.2 Å². The van der Waals surface area contributed by atoms with Gasteiger partial charge in [0, 0.05) is 18.5 Å². The van der Waals surface area contributed by atoms with Gasteiger partial charge in [-0.05, 0) is 36.4 Å². The molecule has 4 nitrogen and oxygen atoms in total. The topological polar surface area (TPSA) is 45.2 Å². The summed E-state index contributed by atoms with van der Waals surface area (Å²) in [5, 5.41) is 4.52. The van der Waals surface area contributed by atoms with E-state index in [1.807, 2.05) is 30.3 Å². The lowest BCUT2D eigenvalue weighted by Crippen LogP contribution is -2.22. The summed E-state index contributed by atoms with van der Waals surface area (Å²) < 4.78 is 14.4. The number of nitrogens with one attached hydrogen (secondary N) is 1. The lowest BCUT2D eigenvalue weighted by atomic mass is 10.1. The second-order valence-corrected chi connectivity index (χ2v) is 6.66. The molecule has 0 bridgehead atoms. The van der Waals surface area contributed by atoms with Gasteiger partial charge in [0.2, 0.25) is 0 Å². The molecule has 6 heteroatoms. The molecule has 1 N–H and O–H groups in total. The molecule has 0 atom stereocenters. The zero-order chi connectivity index (χ0) is 18.1. The molecule has 1 saturated heterocycles. The molecule has 2 aromatic carbocycles. The number of halogens is 2. The van der Waals surface area contributed by atoms with E-state index >= 15 is 0 Å². The second kappa shape index (κ2) is 6.92. The summed E-state index contributed by atoms with van der Waals surface area (Å²) in [4.78, 5) is 19.0. The fourth-order valence-corrected chi connectivity index (χ4v) is 3.57. The molecule has 26 heavy (non-hydrogen) atoms. The molecule has 2 heterocycles. The van der Waals surface area contributed by atoms with E-state index in [-0.39, 0.29) is 16.5 Å². The maximum Gasteiger partial charge on any atom is 0.274 e. The second-order valence-electron chi connectivity index (χ2n) is 6.30. The van der Waals surface area contributed by atoms with E-state index in [2.05, 4.69) is 15.2 Å². The molecule has 1 aliphatic rings. The fourth-order valence-electron chi connectivity index (χ4n) is 3.31. The van der Waals surface area contributed by atoms with Gasteiger partial charge in [-0.2, -0.15) is 0 Å². The van der Waals surface area contributed by atoms with Gasteiger partial charge in [0.15, 0.2) is 0 Å². The van der Waals surface area contributed by atoms with Gasteiger partial charge in [0.05, 0.1) is 5.69 Å². The lowest BCUT2D eigenvalue weighted by Gasteiger charge is -2.22. The molecule has 3 aromatic rings. The Kier molecular flexibility index (Phi) is 4.47. The summed E-state index contributed by atoms with van der Waals surface area (Å²) in [7, 11) is 0. The number of hydrogen-bond donors (Lipinski definition) is 1. The lowest BCUT2D eigenvalue weighted by molar-refractivity contribution is 0.102. The molecule has 0 spiro atoms. The van der Waals surface area contributed by atoms with Crippen molar-refractivity contribution in [2.75, 3.05) is 23.3 Å². The van der Waals surface area contributed by atoms with Crippen LogP contribution in [0.5, 0.6) is 0 Å². The molecular weight excluding hydrogens is 353 g/mol. The number of benzene rings is 2. The monoisotopic (exact) mass is 369 g/mol. The number of fused-ring (bicyclic) bond motifs is 1. The van der Waals surface area contributed by atoms with Crippen LogP contribution in [0.25, 0.3) is 10.8 Å². The molecular formula is C20H17ClFN3O. The Morgan fingerprint density at radius 2 is 1.88 bits per heavy atom. The van der Waals surface area contributed by atoms with Crippen LogP contribution in [0, 0.1) is 5.82 Å². The largest absolute Gasteiger partial charge is 0.370 e. The minimum absolute atomic E-state index is 0.157. The Balaban J connectivity index is 1.69. The normalized spacial score (nSPS) is 14.0. The number of carbonyl (C=O) groups is 1. The number of para-hydroxylation sites is 1. The number of carbonyl (C=O) groups excluding carboxylic acids is 1. The number of hydrogen-bond acceptors (Lipinski definition) is 3. The minimum Gasteiger partial charge on any atom is -0.370 e. The van der Waals surface area contributed by atoms with Crippen molar-refractivity contribution >= 4 is 39.7 Å². The van der Waals surface area contributed by atoms with Gasteiger partial charge in [-0.15, -0.1) is 0 Å². The highest BCUT2D eigenvalue weighted by atomic mass is 35.5. The van der Waals surface area contributed by atoms with E-state index in [0.29, 0.717) is 5.69 Å². The average molecular weight is 370 g/mol. The molecule has 4 rings (SSSR count). The van der Waals surface area contributed by atoms with E-state index in [1.165, 1.54) is 6.07 Å². The highest BCUT2D eigenvalue weighted by Gasteiger charge is 2.21. The Morgan fingerprint density at radius 3 is 2.69 bits per heavy atom. The zero-order valence-corrected chi connectivity index (χ0v) is 14.8. The predicted molar refractivity (Wildman–Crippen MR) is 103 cm³/mol. The summed E-state index contributed by atoms with van der Waals surface area (Å²) in [6.07, 6.45) is 2.12. The van der Waals surface area contributed by atoms with Crippen molar-refractivity contribution < 1.29 is 9.18 Å². The van der Waals surface area contributed by atoms with Crippen molar-refractivity contribution in [2.45, 2.75) is 12.8 Å². The van der Waals surface area contributed by atoms with Gasteiger partial charge in [0.1, 0.15) is 22.4 Å². The SMILES string of the molecule is O=C(Nc1c(F)cccc1N1CCCC1)c1cc2ccccc2c(Cl)n1. The van der Waals surface area contributed by atoms with Crippen LogP contribution in [-0.4, -0.2) is 24.0 Å². The minimum atomic E-state index is -0.483. The van der Waals surface area contributed by atoms with Crippen LogP contribution >= 0.6 is 11.6 Å². The van der Waals surface area contributed by atoms with Gasteiger partial charge in [-0.3, -0.25) is 4.79 Å². The third kappa shape index (κ3) is 3.10. The number of amides is 1. The predicted octanol–water partition coefficient (Wildman–Crippen LogP) is 4.88. The molecule has 132 valence electrons. The van der Waals surface area contributed by atoms with E-state index in [4.69, 9.17) is 11.6 Å². The number of anilines is 2. The van der Waals surface area contributed by atoms with Crippen LogP contribution in [0.1, 0.15) is 23.3 Å². The summed E-state index contributed by atoms with van der Waals surface area (Å²) >= 11 is 6.20. The van der Waals surface area contributed by atoms with E-state index in [9.17, 15) is 9.18 Å². The first-order valence-electron chi connectivity index (χ1n) is 8.53. The van der Waals surface area contributed by atoms with Crippen molar-refractivity contribution in [1.29, 1.82) is 0 Å². The summed E-state index contributed by atoms with van der Waals surface area (Å²) in [6, 6.07) is 13.9. The van der Waals surface area contributed by atoms with Crippen molar-refractivity contribution in [1.82, 2.24) is 4.98 Å². The Hall–Kier alpha value is -2.66. The van der Waals surface area contributed by atoms with Crippen LogP contribution in [0.15, 0.2) is 48.5 Å². The standard InChI is InChI=1S/C20H17ClFN3O/c21-19-14-7-2-1-6-13(14)12-16(23-19)20(26)24-18-15(22)8-5-9-17(18)25-10-3-4-11-25/h1-2,5-9,12H,3-4,10-11H2,(H,24,26). The van der Waals surface area contributed by atoms with E-state index < -0.39 is 11.7 Å². The van der Waals surface area contributed by atoms with Gasteiger partial charge in [0.25, 0.3) is 5.91 Å².